The summed E-state index contributed by atoms with van der Waals surface area (Å²) in [4.78, 5) is 18.4. The molecule has 0 saturated carbocycles. The van der Waals surface area contributed by atoms with Crippen molar-refractivity contribution in [2.45, 2.75) is 78.2 Å². The number of carbonyl (C=O) groups excluding carboxylic acids is 1. The average Bonchev–Trinajstić information content (AvgIpc) is 2.66. The van der Waals surface area contributed by atoms with E-state index in [1.165, 1.54) is 36.9 Å². The standard InChI is InChI=1S/C23H34N2O2/c1-4-6-7-8-11-20-12-9-13-22(17-20)25-15-14-24-21(18-25)16-19(3)27-23(26)10-5-2/h9,12-14,17-19H,4-8,10-11,15-16H2,1-3H3. The second-order valence-electron chi connectivity index (χ2n) is 7.32. The minimum absolute atomic E-state index is 0.127. The maximum absolute atomic E-state index is 11.7. The number of nitrogens with zero attached hydrogens (tertiary/aromatic N) is 2. The SMILES string of the molecule is CCCCCCc1cccc(N2C=C(CC(C)OC(=O)CCC)N=CC2)c1. The lowest BCUT2D eigenvalue weighted by atomic mass is 10.1. The molecule has 1 unspecified atom stereocenters. The molecule has 1 aromatic carbocycles. The van der Waals surface area contributed by atoms with Gasteiger partial charge in [0.1, 0.15) is 6.10 Å². The molecule has 1 heterocycles. The Balaban J connectivity index is 1.94. The molecule has 0 aromatic heterocycles. The molecular weight excluding hydrogens is 336 g/mol. The molecule has 0 radical (unpaired) electrons. The molecule has 1 aromatic rings. The van der Waals surface area contributed by atoms with E-state index in [-0.39, 0.29) is 12.1 Å². The van der Waals surface area contributed by atoms with Gasteiger partial charge in [-0.1, -0.05) is 45.2 Å². The third-order valence-electron chi connectivity index (χ3n) is 4.68. The van der Waals surface area contributed by atoms with Crippen molar-refractivity contribution in [3.8, 4) is 0 Å². The van der Waals surface area contributed by atoms with Crippen molar-refractivity contribution < 1.29 is 9.53 Å². The van der Waals surface area contributed by atoms with Crippen LogP contribution >= 0.6 is 0 Å². The van der Waals surface area contributed by atoms with Gasteiger partial charge < -0.3 is 9.64 Å². The first-order valence-corrected chi connectivity index (χ1v) is 10.4. The van der Waals surface area contributed by atoms with Crippen molar-refractivity contribution in [1.29, 1.82) is 0 Å². The number of rotatable bonds is 11. The molecule has 148 valence electrons. The van der Waals surface area contributed by atoms with Crippen LogP contribution < -0.4 is 4.90 Å². The number of ether oxygens (including phenoxy) is 1. The maximum atomic E-state index is 11.7. The van der Waals surface area contributed by atoms with Crippen LogP contribution in [0.2, 0.25) is 0 Å². The monoisotopic (exact) mass is 370 g/mol. The van der Waals surface area contributed by atoms with E-state index in [1.807, 2.05) is 20.1 Å². The number of carbonyl (C=O) groups is 1. The fourth-order valence-electron chi connectivity index (χ4n) is 3.27. The smallest absolute Gasteiger partial charge is 0.306 e. The zero-order valence-corrected chi connectivity index (χ0v) is 17.1. The van der Waals surface area contributed by atoms with Gasteiger partial charge in [0.2, 0.25) is 0 Å². The minimum atomic E-state index is -0.155. The van der Waals surface area contributed by atoms with Gasteiger partial charge in [-0.05, 0) is 43.9 Å². The van der Waals surface area contributed by atoms with Crippen LogP contribution in [-0.4, -0.2) is 24.8 Å². The first-order valence-electron chi connectivity index (χ1n) is 10.4. The molecule has 0 N–H and O–H groups in total. The largest absolute Gasteiger partial charge is 0.462 e. The van der Waals surface area contributed by atoms with Gasteiger partial charge in [0.05, 0.1) is 12.2 Å². The van der Waals surface area contributed by atoms with Crippen molar-refractivity contribution in [1.82, 2.24) is 0 Å². The van der Waals surface area contributed by atoms with Gasteiger partial charge in [-0.25, -0.2) is 0 Å². The van der Waals surface area contributed by atoms with Crippen LogP contribution in [0.3, 0.4) is 0 Å². The predicted octanol–water partition coefficient (Wildman–Crippen LogP) is 5.66. The molecule has 0 aliphatic carbocycles. The number of hydrogen-bond acceptors (Lipinski definition) is 4. The van der Waals surface area contributed by atoms with Gasteiger partial charge in [-0.3, -0.25) is 9.79 Å². The summed E-state index contributed by atoms with van der Waals surface area (Å²) in [7, 11) is 0. The van der Waals surface area contributed by atoms with Gasteiger partial charge >= 0.3 is 5.97 Å². The normalized spacial score (nSPS) is 14.8. The molecule has 0 fully saturated rings. The Labute approximate surface area is 164 Å². The Morgan fingerprint density at radius 2 is 2.07 bits per heavy atom. The summed E-state index contributed by atoms with van der Waals surface area (Å²) in [5.74, 6) is -0.127. The van der Waals surface area contributed by atoms with E-state index < -0.39 is 0 Å². The lowest BCUT2D eigenvalue weighted by Crippen LogP contribution is -2.24. The van der Waals surface area contributed by atoms with E-state index in [4.69, 9.17) is 4.74 Å². The first kappa shape index (κ1) is 21.2. The minimum Gasteiger partial charge on any atom is -0.462 e. The highest BCUT2D eigenvalue weighted by Crippen LogP contribution is 2.22. The number of unbranched alkanes of at least 4 members (excludes halogenated alkanes) is 3. The topological polar surface area (TPSA) is 41.9 Å². The number of esters is 1. The zero-order chi connectivity index (χ0) is 19.5. The molecule has 2 rings (SSSR count). The van der Waals surface area contributed by atoms with Gasteiger partial charge in [0, 0.05) is 30.9 Å². The Morgan fingerprint density at radius 1 is 1.22 bits per heavy atom. The lowest BCUT2D eigenvalue weighted by molar-refractivity contribution is -0.148. The van der Waals surface area contributed by atoms with E-state index in [0.717, 1.165) is 25.1 Å². The number of aryl methyl sites for hydroxylation is 1. The Hall–Kier alpha value is -2.10. The number of aliphatic imine (C=N–C) groups is 1. The van der Waals surface area contributed by atoms with Gasteiger partial charge in [0.25, 0.3) is 0 Å². The Bertz CT molecular complexity index is 652. The highest BCUT2D eigenvalue weighted by atomic mass is 16.5. The van der Waals surface area contributed by atoms with Gasteiger partial charge in [-0.15, -0.1) is 0 Å². The molecule has 0 amide bonds. The van der Waals surface area contributed by atoms with E-state index >= 15 is 0 Å². The summed E-state index contributed by atoms with van der Waals surface area (Å²) in [5.41, 5.74) is 3.54. The summed E-state index contributed by atoms with van der Waals surface area (Å²) in [6, 6.07) is 8.78. The summed E-state index contributed by atoms with van der Waals surface area (Å²) in [6.45, 7) is 6.93. The first-order chi connectivity index (χ1) is 13.1. The maximum Gasteiger partial charge on any atom is 0.306 e. The summed E-state index contributed by atoms with van der Waals surface area (Å²) in [5, 5.41) is 0. The van der Waals surface area contributed by atoms with Crippen molar-refractivity contribution in [3.63, 3.8) is 0 Å². The van der Waals surface area contributed by atoms with Crippen LogP contribution in [-0.2, 0) is 16.0 Å². The molecule has 4 nitrogen and oxygen atoms in total. The Morgan fingerprint density at radius 3 is 2.85 bits per heavy atom. The number of benzene rings is 1. The van der Waals surface area contributed by atoms with E-state index in [2.05, 4.69) is 47.3 Å². The molecule has 0 spiro atoms. The van der Waals surface area contributed by atoms with Crippen molar-refractivity contribution in [2.24, 2.45) is 4.99 Å². The Kier molecular flexibility index (Phi) is 9.09. The summed E-state index contributed by atoms with van der Waals surface area (Å²) < 4.78 is 5.45. The number of anilines is 1. The van der Waals surface area contributed by atoms with Crippen LogP contribution in [0.5, 0.6) is 0 Å². The molecular formula is C23H34N2O2. The van der Waals surface area contributed by atoms with E-state index in [0.29, 0.717) is 12.8 Å². The fraction of sp³-hybridized carbons (Fsp3) is 0.565. The molecule has 27 heavy (non-hydrogen) atoms. The van der Waals surface area contributed by atoms with E-state index in [9.17, 15) is 4.79 Å². The molecule has 1 aliphatic rings. The highest BCUT2D eigenvalue weighted by Gasteiger charge is 2.14. The second-order valence-corrected chi connectivity index (χ2v) is 7.32. The van der Waals surface area contributed by atoms with Gasteiger partial charge in [-0.2, -0.15) is 0 Å². The molecule has 4 heteroatoms. The number of hydrogen-bond donors (Lipinski definition) is 0. The molecule has 1 atom stereocenters. The summed E-state index contributed by atoms with van der Waals surface area (Å²) in [6.07, 6.45) is 12.1. The van der Waals surface area contributed by atoms with Crippen molar-refractivity contribution in [3.05, 3.63) is 41.7 Å². The predicted molar refractivity (Wildman–Crippen MR) is 113 cm³/mol. The summed E-state index contributed by atoms with van der Waals surface area (Å²) >= 11 is 0. The fourth-order valence-corrected chi connectivity index (χ4v) is 3.27. The van der Waals surface area contributed by atoms with Crippen LogP contribution in [0.25, 0.3) is 0 Å². The van der Waals surface area contributed by atoms with Crippen LogP contribution in [0.4, 0.5) is 5.69 Å². The van der Waals surface area contributed by atoms with Crippen molar-refractivity contribution >= 4 is 17.9 Å². The second kappa shape index (κ2) is 11.6. The van der Waals surface area contributed by atoms with Crippen molar-refractivity contribution in [2.75, 3.05) is 11.4 Å². The third kappa shape index (κ3) is 7.58. The van der Waals surface area contributed by atoms with Crippen LogP contribution in [0.15, 0.2) is 41.2 Å². The molecule has 0 saturated heterocycles. The third-order valence-corrected chi connectivity index (χ3v) is 4.68. The van der Waals surface area contributed by atoms with E-state index in [1.54, 1.807) is 0 Å². The van der Waals surface area contributed by atoms with Crippen LogP contribution in [0.1, 0.15) is 71.3 Å². The van der Waals surface area contributed by atoms with Crippen LogP contribution in [0, 0.1) is 0 Å². The average molecular weight is 371 g/mol. The molecule has 0 bridgehead atoms. The zero-order valence-electron chi connectivity index (χ0n) is 17.1. The quantitative estimate of drug-likeness (QED) is 0.372. The molecule has 1 aliphatic heterocycles. The van der Waals surface area contributed by atoms with Gasteiger partial charge in [0.15, 0.2) is 0 Å². The lowest BCUT2D eigenvalue weighted by Gasteiger charge is -2.24. The highest BCUT2D eigenvalue weighted by molar-refractivity contribution is 5.71.